The quantitative estimate of drug-likeness (QED) is 0.541. The minimum absolute atomic E-state index is 0.0263. The van der Waals surface area contributed by atoms with Crippen LogP contribution in [0.1, 0.15) is 29.2 Å². The van der Waals surface area contributed by atoms with Crippen LogP contribution in [0.3, 0.4) is 0 Å². The molecule has 0 bridgehead atoms. The third-order valence-electron chi connectivity index (χ3n) is 4.77. The minimum atomic E-state index is -4.44. The van der Waals surface area contributed by atoms with Crippen LogP contribution in [0.25, 0.3) is 11.1 Å². The number of rotatable bonds is 4. The summed E-state index contributed by atoms with van der Waals surface area (Å²) in [5.41, 5.74) is 1.51. The number of carbonyl (C=O) groups is 1. The van der Waals surface area contributed by atoms with Crippen LogP contribution in [0.5, 0.6) is 17.2 Å². The number of ether oxygens (including phenoxy) is 4. The second-order valence-electron chi connectivity index (χ2n) is 6.32. The van der Waals surface area contributed by atoms with Crippen molar-refractivity contribution in [1.82, 2.24) is 0 Å². The standard InChI is InChI=1S/C21H19F3O5/c1-11(12-5-7-13(8-6-12)21(22,23)24)17-14-9-16(26-2)19(28-4)18(27-3)15(14)10-29-20(17)25/h5-9H,10H2,1-4H3/b17-11+. The Bertz CT molecular complexity index is 975. The SMILES string of the molecule is COc1cc2c(c(OC)c1OC)COC(=O)/C2=C(\C)c1ccc(C(F)(F)F)cc1. The maximum atomic E-state index is 12.8. The highest BCUT2D eigenvalue weighted by Crippen LogP contribution is 2.47. The van der Waals surface area contributed by atoms with Gasteiger partial charge >= 0.3 is 12.1 Å². The van der Waals surface area contributed by atoms with Crippen LogP contribution in [-0.2, 0) is 22.3 Å². The highest BCUT2D eigenvalue weighted by molar-refractivity contribution is 6.25. The molecule has 0 radical (unpaired) electrons. The van der Waals surface area contributed by atoms with Gasteiger partial charge in [-0.25, -0.2) is 4.79 Å². The average Bonchev–Trinajstić information content (AvgIpc) is 2.71. The lowest BCUT2D eigenvalue weighted by Crippen LogP contribution is -2.18. The van der Waals surface area contributed by atoms with Gasteiger partial charge in [0.05, 0.1) is 32.5 Å². The van der Waals surface area contributed by atoms with Crippen molar-refractivity contribution < 1.29 is 36.9 Å². The van der Waals surface area contributed by atoms with Gasteiger partial charge in [0.25, 0.3) is 0 Å². The second-order valence-corrected chi connectivity index (χ2v) is 6.32. The summed E-state index contributed by atoms with van der Waals surface area (Å²) in [5.74, 6) is 0.505. The second kappa shape index (κ2) is 7.69. The molecular weight excluding hydrogens is 389 g/mol. The lowest BCUT2D eigenvalue weighted by molar-refractivity contribution is -0.139. The van der Waals surface area contributed by atoms with Gasteiger partial charge < -0.3 is 18.9 Å². The Morgan fingerprint density at radius 3 is 2.14 bits per heavy atom. The molecule has 8 heteroatoms. The van der Waals surface area contributed by atoms with Gasteiger partial charge in [0.1, 0.15) is 6.61 Å². The van der Waals surface area contributed by atoms with Gasteiger partial charge in [0.15, 0.2) is 11.5 Å². The molecule has 1 aliphatic rings. The molecule has 0 spiro atoms. The number of cyclic esters (lactones) is 1. The van der Waals surface area contributed by atoms with E-state index in [9.17, 15) is 18.0 Å². The normalized spacial score (nSPS) is 15.3. The van der Waals surface area contributed by atoms with Gasteiger partial charge in [-0.05, 0) is 36.3 Å². The highest BCUT2D eigenvalue weighted by Gasteiger charge is 2.33. The van der Waals surface area contributed by atoms with E-state index in [0.29, 0.717) is 39.5 Å². The Morgan fingerprint density at radius 1 is 1.00 bits per heavy atom. The molecule has 0 saturated heterocycles. The number of hydrogen-bond donors (Lipinski definition) is 0. The fraction of sp³-hybridized carbons (Fsp3) is 0.286. The summed E-state index contributed by atoms with van der Waals surface area (Å²) in [7, 11) is 4.38. The van der Waals surface area contributed by atoms with Crippen molar-refractivity contribution in [2.24, 2.45) is 0 Å². The van der Waals surface area contributed by atoms with Crippen LogP contribution in [0.4, 0.5) is 13.2 Å². The molecule has 1 aliphatic heterocycles. The fourth-order valence-electron chi connectivity index (χ4n) is 3.31. The molecule has 3 rings (SSSR count). The molecule has 0 amide bonds. The van der Waals surface area contributed by atoms with Crippen LogP contribution in [-0.4, -0.2) is 27.3 Å². The smallest absolute Gasteiger partial charge is 0.416 e. The average molecular weight is 408 g/mol. The Kier molecular flexibility index (Phi) is 5.46. The third-order valence-corrected chi connectivity index (χ3v) is 4.77. The number of benzene rings is 2. The van der Waals surface area contributed by atoms with E-state index in [1.807, 2.05) is 0 Å². The molecule has 154 valence electrons. The molecule has 29 heavy (non-hydrogen) atoms. The summed E-state index contributed by atoms with van der Waals surface area (Å²) in [5, 5.41) is 0. The molecule has 0 aromatic heterocycles. The van der Waals surface area contributed by atoms with Gasteiger partial charge in [-0.2, -0.15) is 13.2 Å². The minimum Gasteiger partial charge on any atom is -0.493 e. The first kappa shape index (κ1) is 20.6. The number of allylic oxidation sites excluding steroid dienone is 1. The maximum absolute atomic E-state index is 12.8. The molecule has 0 unspecified atom stereocenters. The Hall–Kier alpha value is -3.16. The molecule has 0 aliphatic carbocycles. The van der Waals surface area contributed by atoms with Crippen molar-refractivity contribution >= 4 is 17.1 Å². The van der Waals surface area contributed by atoms with Crippen molar-refractivity contribution in [2.45, 2.75) is 19.7 Å². The van der Waals surface area contributed by atoms with Gasteiger partial charge in [-0.1, -0.05) is 12.1 Å². The van der Waals surface area contributed by atoms with Crippen molar-refractivity contribution in [3.05, 3.63) is 52.6 Å². The lowest BCUT2D eigenvalue weighted by atomic mass is 9.90. The van der Waals surface area contributed by atoms with Crippen LogP contribution < -0.4 is 14.2 Å². The van der Waals surface area contributed by atoms with Crippen LogP contribution in [0, 0.1) is 0 Å². The van der Waals surface area contributed by atoms with Crippen LogP contribution in [0.15, 0.2) is 30.3 Å². The Morgan fingerprint density at radius 2 is 1.62 bits per heavy atom. The van der Waals surface area contributed by atoms with E-state index in [-0.39, 0.29) is 12.2 Å². The zero-order valence-electron chi connectivity index (χ0n) is 16.3. The largest absolute Gasteiger partial charge is 0.493 e. The summed E-state index contributed by atoms with van der Waals surface area (Å²) in [6.45, 7) is 1.62. The van der Waals surface area contributed by atoms with Gasteiger partial charge in [-0.3, -0.25) is 0 Å². The third kappa shape index (κ3) is 3.62. The van der Waals surface area contributed by atoms with E-state index in [4.69, 9.17) is 18.9 Å². The number of hydrogen-bond acceptors (Lipinski definition) is 5. The molecule has 0 fully saturated rings. The molecule has 5 nitrogen and oxygen atoms in total. The van der Waals surface area contributed by atoms with Gasteiger partial charge in [0, 0.05) is 11.1 Å². The molecular formula is C21H19F3O5. The van der Waals surface area contributed by atoms with E-state index in [0.717, 1.165) is 12.1 Å². The first-order chi connectivity index (χ1) is 13.7. The molecule has 1 heterocycles. The summed E-state index contributed by atoms with van der Waals surface area (Å²) in [6, 6.07) is 6.24. The zero-order chi connectivity index (χ0) is 21.3. The number of carbonyl (C=O) groups excluding carboxylic acids is 1. The number of alkyl halides is 3. The number of esters is 1. The summed E-state index contributed by atoms with van der Waals surface area (Å²) >= 11 is 0. The van der Waals surface area contributed by atoms with Crippen molar-refractivity contribution in [1.29, 1.82) is 0 Å². The lowest BCUT2D eigenvalue weighted by Gasteiger charge is -2.25. The topological polar surface area (TPSA) is 54.0 Å². The summed E-state index contributed by atoms with van der Waals surface area (Å²) in [4.78, 5) is 12.6. The predicted molar refractivity (Wildman–Crippen MR) is 99.8 cm³/mol. The molecule has 2 aromatic rings. The van der Waals surface area contributed by atoms with E-state index in [2.05, 4.69) is 0 Å². The number of fused-ring (bicyclic) bond motifs is 1. The van der Waals surface area contributed by atoms with Gasteiger partial charge in [0.2, 0.25) is 5.75 Å². The predicted octanol–water partition coefficient (Wildman–Crippen LogP) is 4.72. The summed E-state index contributed by atoms with van der Waals surface area (Å²) < 4.78 is 60.0. The van der Waals surface area contributed by atoms with E-state index in [1.165, 1.54) is 33.5 Å². The van der Waals surface area contributed by atoms with Gasteiger partial charge in [-0.15, -0.1) is 0 Å². The zero-order valence-corrected chi connectivity index (χ0v) is 16.3. The fourth-order valence-corrected chi connectivity index (χ4v) is 3.31. The Labute approximate surface area is 165 Å². The molecule has 2 aromatic carbocycles. The first-order valence-corrected chi connectivity index (χ1v) is 8.60. The van der Waals surface area contributed by atoms with Crippen molar-refractivity contribution in [2.75, 3.05) is 21.3 Å². The first-order valence-electron chi connectivity index (χ1n) is 8.60. The highest BCUT2D eigenvalue weighted by atomic mass is 19.4. The van der Waals surface area contributed by atoms with Crippen LogP contribution >= 0.6 is 0 Å². The van der Waals surface area contributed by atoms with Crippen molar-refractivity contribution in [3.63, 3.8) is 0 Å². The van der Waals surface area contributed by atoms with E-state index < -0.39 is 17.7 Å². The molecule has 0 saturated carbocycles. The monoisotopic (exact) mass is 408 g/mol. The Balaban J connectivity index is 2.22. The molecule has 0 N–H and O–H groups in total. The number of halogens is 3. The summed E-state index contributed by atoms with van der Waals surface area (Å²) in [6.07, 6.45) is -4.44. The van der Waals surface area contributed by atoms with E-state index >= 15 is 0 Å². The van der Waals surface area contributed by atoms with Crippen LogP contribution in [0.2, 0.25) is 0 Å². The maximum Gasteiger partial charge on any atom is 0.416 e. The van der Waals surface area contributed by atoms with Crippen molar-refractivity contribution in [3.8, 4) is 17.2 Å². The van der Waals surface area contributed by atoms with E-state index in [1.54, 1.807) is 13.0 Å². The number of methoxy groups -OCH3 is 3. The molecule has 0 atom stereocenters.